The highest BCUT2D eigenvalue weighted by Gasteiger charge is 2.24. The van der Waals surface area contributed by atoms with Crippen molar-refractivity contribution in [1.82, 2.24) is 15.0 Å². The summed E-state index contributed by atoms with van der Waals surface area (Å²) in [6.45, 7) is 4.50. The zero-order valence-electron chi connectivity index (χ0n) is 11.6. The normalized spacial score (nSPS) is 23.4. The molecule has 1 unspecified atom stereocenters. The number of aromatic nitrogens is 3. The van der Waals surface area contributed by atoms with Crippen LogP contribution in [0, 0.1) is 0 Å². The van der Waals surface area contributed by atoms with Crippen molar-refractivity contribution >= 4 is 23.5 Å². The number of halogens is 1. The highest BCUT2D eigenvalue weighted by atomic mass is 35.5. The van der Waals surface area contributed by atoms with E-state index in [1.165, 1.54) is 0 Å². The Morgan fingerprint density at radius 3 is 2.43 bits per heavy atom. The molecule has 8 nitrogen and oxygen atoms in total. The Kier molecular flexibility index (Phi) is 4.69. The lowest BCUT2D eigenvalue weighted by Gasteiger charge is -2.33. The standard InChI is InChI=1S/C12H18ClN5O3/c13-10-14-11(17-1-4-20-5-2-17)16-12(15-10)18-3-6-21-9(7-18)8-19/h9,19H,1-8H2. The van der Waals surface area contributed by atoms with Gasteiger partial charge in [-0.1, -0.05) is 0 Å². The summed E-state index contributed by atoms with van der Waals surface area (Å²) in [6.07, 6.45) is -0.221. The fourth-order valence-corrected chi connectivity index (χ4v) is 2.54. The molecule has 2 saturated heterocycles. The highest BCUT2D eigenvalue weighted by Crippen LogP contribution is 2.19. The van der Waals surface area contributed by atoms with Crippen molar-refractivity contribution in [1.29, 1.82) is 0 Å². The third kappa shape index (κ3) is 3.52. The van der Waals surface area contributed by atoms with Gasteiger partial charge < -0.3 is 24.4 Å². The van der Waals surface area contributed by atoms with Crippen LogP contribution in [0.3, 0.4) is 0 Å². The van der Waals surface area contributed by atoms with Gasteiger partial charge in [0.05, 0.1) is 32.5 Å². The first-order chi connectivity index (χ1) is 10.3. The summed E-state index contributed by atoms with van der Waals surface area (Å²) in [5.41, 5.74) is 0. The number of aliphatic hydroxyl groups is 1. The van der Waals surface area contributed by atoms with E-state index in [2.05, 4.69) is 15.0 Å². The van der Waals surface area contributed by atoms with Crippen LogP contribution in [-0.4, -0.2) is 78.8 Å². The van der Waals surface area contributed by atoms with E-state index in [-0.39, 0.29) is 18.0 Å². The minimum atomic E-state index is -0.221. The molecular formula is C12H18ClN5O3. The lowest BCUT2D eigenvalue weighted by atomic mass is 10.3. The van der Waals surface area contributed by atoms with Crippen molar-refractivity contribution in [2.45, 2.75) is 6.10 Å². The van der Waals surface area contributed by atoms with Gasteiger partial charge in [-0.15, -0.1) is 0 Å². The molecule has 3 heterocycles. The number of hydrogen-bond donors (Lipinski definition) is 1. The second-order valence-corrected chi connectivity index (χ2v) is 5.26. The molecule has 0 radical (unpaired) electrons. The van der Waals surface area contributed by atoms with Crippen molar-refractivity contribution in [2.75, 3.05) is 62.4 Å². The van der Waals surface area contributed by atoms with Gasteiger partial charge in [0.15, 0.2) is 0 Å². The second kappa shape index (κ2) is 6.69. The van der Waals surface area contributed by atoms with Crippen molar-refractivity contribution in [3.63, 3.8) is 0 Å². The van der Waals surface area contributed by atoms with Crippen LogP contribution in [0.1, 0.15) is 0 Å². The van der Waals surface area contributed by atoms with Gasteiger partial charge in [0.25, 0.3) is 0 Å². The smallest absolute Gasteiger partial charge is 0.231 e. The second-order valence-electron chi connectivity index (χ2n) is 4.93. The van der Waals surface area contributed by atoms with Gasteiger partial charge >= 0.3 is 0 Å². The number of rotatable bonds is 3. The minimum Gasteiger partial charge on any atom is -0.394 e. The summed E-state index contributed by atoms with van der Waals surface area (Å²) >= 11 is 6.03. The molecule has 0 amide bonds. The zero-order valence-corrected chi connectivity index (χ0v) is 12.4. The summed E-state index contributed by atoms with van der Waals surface area (Å²) in [7, 11) is 0. The molecule has 1 aromatic rings. The van der Waals surface area contributed by atoms with E-state index in [0.29, 0.717) is 44.8 Å². The van der Waals surface area contributed by atoms with Gasteiger partial charge in [0.2, 0.25) is 17.2 Å². The molecular weight excluding hydrogens is 298 g/mol. The topological polar surface area (TPSA) is 83.8 Å². The molecule has 0 aromatic carbocycles. The predicted octanol–water partition coefficient (Wildman–Crippen LogP) is -0.441. The summed E-state index contributed by atoms with van der Waals surface area (Å²) in [6, 6.07) is 0. The predicted molar refractivity (Wildman–Crippen MR) is 76.9 cm³/mol. The maximum Gasteiger partial charge on any atom is 0.231 e. The number of anilines is 2. The Morgan fingerprint density at radius 1 is 1.05 bits per heavy atom. The van der Waals surface area contributed by atoms with E-state index in [9.17, 15) is 5.11 Å². The first-order valence-electron chi connectivity index (χ1n) is 6.98. The molecule has 2 aliphatic heterocycles. The molecule has 2 aliphatic rings. The lowest BCUT2D eigenvalue weighted by molar-refractivity contribution is 0.00313. The third-order valence-electron chi connectivity index (χ3n) is 3.50. The maximum atomic E-state index is 9.22. The Labute approximate surface area is 127 Å². The van der Waals surface area contributed by atoms with E-state index in [1.807, 2.05) is 9.80 Å². The molecule has 3 rings (SSSR count). The molecule has 0 spiro atoms. The van der Waals surface area contributed by atoms with Gasteiger partial charge in [-0.05, 0) is 11.6 Å². The van der Waals surface area contributed by atoms with Gasteiger partial charge in [0, 0.05) is 26.2 Å². The van der Waals surface area contributed by atoms with E-state index in [0.717, 1.165) is 13.1 Å². The Balaban J connectivity index is 1.80. The molecule has 1 aromatic heterocycles. The van der Waals surface area contributed by atoms with Crippen LogP contribution in [0.25, 0.3) is 0 Å². The summed E-state index contributed by atoms with van der Waals surface area (Å²) in [5, 5.41) is 9.39. The molecule has 1 atom stereocenters. The van der Waals surface area contributed by atoms with Crippen molar-refractivity contribution in [3.05, 3.63) is 5.28 Å². The Hall–Kier alpha value is -1.22. The molecule has 21 heavy (non-hydrogen) atoms. The number of ether oxygens (including phenoxy) is 2. The van der Waals surface area contributed by atoms with E-state index in [4.69, 9.17) is 21.1 Å². The fraction of sp³-hybridized carbons (Fsp3) is 0.750. The molecule has 2 fully saturated rings. The van der Waals surface area contributed by atoms with Gasteiger partial charge in [0.1, 0.15) is 0 Å². The summed E-state index contributed by atoms with van der Waals surface area (Å²) in [4.78, 5) is 16.9. The SMILES string of the molecule is OCC1CN(c2nc(Cl)nc(N3CCOCC3)n2)CCO1. The average Bonchev–Trinajstić information content (AvgIpc) is 2.55. The quantitative estimate of drug-likeness (QED) is 0.803. The monoisotopic (exact) mass is 315 g/mol. The van der Waals surface area contributed by atoms with Gasteiger partial charge in [-0.25, -0.2) is 0 Å². The lowest BCUT2D eigenvalue weighted by Crippen LogP contribution is -2.45. The van der Waals surface area contributed by atoms with Crippen LogP contribution in [0.4, 0.5) is 11.9 Å². The average molecular weight is 316 g/mol. The molecule has 0 bridgehead atoms. The zero-order chi connectivity index (χ0) is 14.7. The fourth-order valence-electron chi connectivity index (χ4n) is 2.39. The Bertz CT molecular complexity index is 486. The highest BCUT2D eigenvalue weighted by molar-refractivity contribution is 6.28. The van der Waals surface area contributed by atoms with Crippen molar-refractivity contribution in [2.24, 2.45) is 0 Å². The largest absolute Gasteiger partial charge is 0.394 e. The van der Waals surface area contributed by atoms with Crippen LogP contribution < -0.4 is 9.80 Å². The number of aliphatic hydroxyl groups excluding tert-OH is 1. The van der Waals surface area contributed by atoms with E-state index in [1.54, 1.807) is 0 Å². The third-order valence-corrected chi connectivity index (χ3v) is 3.67. The minimum absolute atomic E-state index is 0.0222. The van der Waals surface area contributed by atoms with Gasteiger partial charge in [-0.2, -0.15) is 15.0 Å². The molecule has 116 valence electrons. The number of hydrogen-bond acceptors (Lipinski definition) is 8. The molecule has 0 aliphatic carbocycles. The van der Waals surface area contributed by atoms with Crippen LogP contribution in [0.2, 0.25) is 5.28 Å². The van der Waals surface area contributed by atoms with Crippen LogP contribution >= 0.6 is 11.6 Å². The van der Waals surface area contributed by atoms with Crippen molar-refractivity contribution < 1.29 is 14.6 Å². The summed E-state index contributed by atoms with van der Waals surface area (Å²) < 4.78 is 10.8. The number of nitrogens with zero attached hydrogens (tertiary/aromatic N) is 5. The molecule has 9 heteroatoms. The van der Waals surface area contributed by atoms with Crippen LogP contribution in [0.5, 0.6) is 0 Å². The molecule has 1 N–H and O–H groups in total. The number of morpholine rings is 2. The van der Waals surface area contributed by atoms with Crippen LogP contribution in [-0.2, 0) is 9.47 Å². The first-order valence-corrected chi connectivity index (χ1v) is 7.36. The maximum absolute atomic E-state index is 9.22. The summed E-state index contributed by atoms with van der Waals surface area (Å²) in [5.74, 6) is 1.10. The van der Waals surface area contributed by atoms with Crippen LogP contribution in [0.15, 0.2) is 0 Å². The van der Waals surface area contributed by atoms with E-state index >= 15 is 0 Å². The molecule has 0 saturated carbocycles. The Morgan fingerprint density at radius 2 is 1.71 bits per heavy atom. The van der Waals surface area contributed by atoms with Gasteiger partial charge in [-0.3, -0.25) is 0 Å². The first kappa shape index (κ1) is 14.7. The van der Waals surface area contributed by atoms with E-state index < -0.39 is 0 Å². The van der Waals surface area contributed by atoms with Crippen molar-refractivity contribution in [3.8, 4) is 0 Å².